The molecule has 1 saturated carbocycles. The van der Waals surface area contributed by atoms with Gasteiger partial charge in [0.15, 0.2) is 0 Å². The van der Waals surface area contributed by atoms with Gasteiger partial charge >= 0.3 is 0 Å². The number of anilines is 2. The van der Waals surface area contributed by atoms with Gasteiger partial charge in [0.05, 0.1) is 39.7 Å². The number of aliphatic hydroxyl groups excluding tert-OH is 1. The SMILES string of the molecule is Cc1c(-c2cc(N3C(=O)C4CC5C(=CCC6C(=O)N(c7ccc(Cl)cc7)C(=O)C65)C(c5ccc(CO)o5)C4(C)C3=O)n(C)n2)sc2ccc(Cl)cc12. The highest BCUT2D eigenvalue weighted by Gasteiger charge is 2.68. The third-order valence-corrected chi connectivity index (χ3v) is 13.5. The quantitative estimate of drug-likeness (QED) is 0.146. The van der Waals surface area contributed by atoms with E-state index in [-0.39, 0.29) is 24.8 Å². The lowest BCUT2D eigenvalue weighted by atomic mass is 9.52. The number of allylic oxidation sites excluding steroid dienone is 2. The summed E-state index contributed by atoms with van der Waals surface area (Å²) in [5.41, 5.74) is 1.56. The monoisotopic (exact) mass is 754 g/mol. The van der Waals surface area contributed by atoms with Crippen LogP contribution < -0.4 is 9.80 Å². The van der Waals surface area contributed by atoms with E-state index in [0.29, 0.717) is 45.2 Å². The Bertz CT molecular complexity index is 2410. The topological polar surface area (TPSA) is 126 Å². The molecule has 3 aromatic heterocycles. The highest BCUT2D eigenvalue weighted by molar-refractivity contribution is 7.22. The zero-order chi connectivity index (χ0) is 36.4. The van der Waals surface area contributed by atoms with E-state index in [0.717, 1.165) is 26.1 Å². The standard InChI is InChI=1S/C39H32Cl2N4O6S/c1-18-25-14-20(41)6-13-30(25)52-34(18)28-16-31(43(3)42-28)45-36(48)27-15-26-23(33(39(27,2)38(45)50)29-12-9-22(17-46)51-29)10-11-24-32(26)37(49)44(35(24)47)21-7-4-19(40)5-8-21/h4-10,12-14,16,24,26-27,32-33,46H,11,15,17H2,1-3H3. The maximum absolute atomic E-state index is 15.0. The van der Waals surface area contributed by atoms with Crippen molar-refractivity contribution in [2.24, 2.45) is 36.1 Å². The summed E-state index contributed by atoms with van der Waals surface area (Å²) in [5.74, 6) is -3.78. The number of nitrogens with zero attached hydrogens (tertiary/aromatic N) is 4. The van der Waals surface area contributed by atoms with Crippen LogP contribution in [0.2, 0.25) is 10.0 Å². The van der Waals surface area contributed by atoms with Crippen molar-refractivity contribution in [3.63, 3.8) is 0 Å². The number of aryl methyl sites for hydroxylation is 2. The number of hydrogen-bond donors (Lipinski definition) is 1. The van der Waals surface area contributed by atoms with E-state index in [2.05, 4.69) is 0 Å². The Morgan fingerprint density at radius 2 is 1.69 bits per heavy atom. The third-order valence-electron chi connectivity index (χ3n) is 11.7. The van der Waals surface area contributed by atoms with Crippen molar-refractivity contribution in [1.82, 2.24) is 9.78 Å². The molecule has 2 saturated heterocycles. The number of rotatable bonds is 5. The number of hydrogen-bond acceptors (Lipinski definition) is 8. The molecule has 0 radical (unpaired) electrons. The summed E-state index contributed by atoms with van der Waals surface area (Å²) >= 11 is 14.0. The smallest absolute Gasteiger partial charge is 0.242 e. The number of halogens is 2. The number of fused-ring (bicyclic) bond motifs is 5. The Hall–Kier alpha value is -4.55. The van der Waals surface area contributed by atoms with E-state index < -0.39 is 46.8 Å². The van der Waals surface area contributed by atoms with Gasteiger partial charge < -0.3 is 9.52 Å². The number of imide groups is 2. The molecule has 1 N–H and O–H groups in total. The van der Waals surface area contributed by atoms with Crippen LogP contribution >= 0.6 is 34.5 Å². The summed E-state index contributed by atoms with van der Waals surface area (Å²) in [6, 6.07) is 17.5. The van der Waals surface area contributed by atoms with Crippen LogP contribution in [0.25, 0.3) is 20.7 Å². The third kappa shape index (κ3) is 4.55. The largest absolute Gasteiger partial charge is 0.463 e. The summed E-state index contributed by atoms with van der Waals surface area (Å²) < 4.78 is 8.74. The summed E-state index contributed by atoms with van der Waals surface area (Å²) in [5, 5.41) is 16.8. The molecule has 52 heavy (non-hydrogen) atoms. The van der Waals surface area contributed by atoms with Gasteiger partial charge in [0.1, 0.15) is 29.6 Å². The van der Waals surface area contributed by atoms with Crippen molar-refractivity contribution in [2.75, 3.05) is 9.80 Å². The van der Waals surface area contributed by atoms with Gasteiger partial charge in [0.2, 0.25) is 23.6 Å². The van der Waals surface area contributed by atoms with Gasteiger partial charge in [-0.25, -0.2) is 4.90 Å². The van der Waals surface area contributed by atoms with Gasteiger partial charge in [-0.2, -0.15) is 5.10 Å². The Morgan fingerprint density at radius 1 is 0.942 bits per heavy atom. The fourth-order valence-electron chi connectivity index (χ4n) is 9.23. The molecule has 4 amide bonds. The van der Waals surface area contributed by atoms with Crippen molar-refractivity contribution in [2.45, 2.75) is 39.2 Å². The molecule has 5 heterocycles. The summed E-state index contributed by atoms with van der Waals surface area (Å²) in [4.78, 5) is 61.2. The van der Waals surface area contributed by atoms with Crippen molar-refractivity contribution in [3.05, 3.63) is 99.4 Å². The molecule has 6 unspecified atom stereocenters. The molecule has 2 aliphatic heterocycles. The van der Waals surface area contributed by atoms with E-state index in [4.69, 9.17) is 32.7 Å². The predicted molar refractivity (Wildman–Crippen MR) is 197 cm³/mol. The average molecular weight is 756 g/mol. The zero-order valence-corrected chi connectivity index (χ0v) is 30.6. The van der Waals surface area contributed by atoms with Gasteiger partial charge in [-0.05, 0) is 98.2 Å². The van der Waals surface area contributed by atoms with Crippen LogP contribution in [-0.2, 0) is 32.8 Å². The number of benzene rings is 2. The Labute approximate surface area is 312 Å². The predicted octanol–water partition coefficient (Wildman–Crippen LogP) is 7.44. The Kier molecular flexibility index (Phi) is 7.51. The molecule has 13 heteroatoms. The molecule has 2 aliphatic carbocycles. The molecule has 3 fully saturated rings. The van der Waals surface area contributed by atoms with Crippen LogP contribution in [0.5, 0.6) is 0 Å². The van der Waals surface area contributed by atoms with E-state index in [1.54, 1.807) is 72.5 Å². The summed E-state index contributed by atoms with van der Waals surface area (Å²) in [6.45, 7) is 3.45. The van der Waals surface area contributed by atoms with Crippen LogP contribution in [0, 0.1) is 36.0 Å². The second-order valence-electron chi connectivity index (χ2n) is 14.3. The second kappa shape index (κ2) is 11.7. The molecule has 264 valence electrons. The molecule has 5 aromatic rings. The first kappa shape index (κ1) is 33.3. The van der Waals surface area contributed by atoms with Gasteiger partial charge in [-0.1, -0.05) is 34.9 Å². The van der Waals surface area contributed by atoms with E-state index in [1.807, 2.05) is 31.2 Å². The summed E-state index contributed by atoms with van der Waals surface area (Å²) in [7, 11) is 1.71. The number of thiophene rings is 1. The number of aromatic nitrogens is 2. The highest BCUT2D eigenvalue weighted by atomic mass is 35.5. The molecule has 6 atom stereocenters. The number of carbonyl (C=O) groups excluding carboxylic acids is 4. The minimum absolute atomic E-state index is 0.197. The van der Waals surface area contributed by atoms with Crippen molar-refractivity contribution in [3.8, 4) is 10.6 Å². The van der Waals surface area contributed by atoms with E-state index in [1.165, 1.54) is 9.80 Å². The Morgan fingerprint density at radius 3 is 2.42 bits per heavy atom. The molecule has 9 rings (SSSR count). The van der Waals surface area contributed by atoms with Crippen molar-refractivity contribution < 1.29 is 28.7 Å². The van der Waals surface area contributed by atoms with Crippen LogP contribution in [-0.4, -0.2) is 38.5 Å². The first-order chi connectivity index (χ1) is 24.9. The van der Waals surface area contributed by atoms with Crippen LogP contribution in [0.3, 0.4) is 0 Å². The van der Waals surface area contributed by atoms with Crippen LogP contribution in [0.15, 0.2) is 76.7 Å². The van der Waals surface area contributed by atoms with Gasteiger partial charge in [0, 0.05) is 27.9 Å². The maximum Gasteiger partial charge on any atom is 0.242 e. The lowest BCUT2D eigenvalue weighted by molar-refractivity contribution is -0.131. The summed E-state index contributed by atoms with van der Waals surface area (Å²) in [6.07, 6.45) is 2.46. The molecular formula is C39H32Cl2N4O6S. The number of furan rings is 1. The maximum atomic E-state index is 15.0. The number of carbonyl (C=O) groups is 4. The fraction of sp³-hybridized carbons (Fsp3) is 0.308. The first-order valence-electron chi connectivity index (χ1n) is 17.1. The molecule has 0 spiro atoms. The Balaban J connectivity index is 1.14. The fourth-order valence-corrected chi connectivity index (χ4v) is 10.7. The average Bonchev–Trinajstić information content (AvgIpc) is 3.92. The minimum atomic E-state index is -1.30. The highest BCUT2D eigenvalue weighted by Crippen LogP contribution is 2.64. The number of aliphatic hydroxyl groups is 1. The van der Waals surface area contributed by atoms with Crippen molar-refractivity contribution >= 4 is 79.8 Å². The molecular weight excluding hydrogens is 723 g/mol. The normalized spacial score (nSPS) is 27.0. The first-order valence-corrected chi connectivity index (χ1v) is 18.6. The van der Waals surface area contributed by atoms with Gasteiger partial charge in [-0.15, -0.1) is 11.3 Å². The molecule has 2 aromatic carbocycles. The van der Waals surface area contributed by atoms with Crippen LogP contribution in [0.4, 0.5) is 11.5 Å². The minimum Gasteiger partial charge on any atom is -0.463 e. The van der Waals surface area contributed by atoms with Gasteiger partial charge in [-0.3, -0.25) is 28.8 Å². The van der Waals surface area contributed by atoms with Crippen molar-refractivity contribution in [1.29, 1.82) is 0 Å². The zero-order valence-electron chi connectivity index (χ0n) is 28.3. The number of amides is 4. The molecule has 4 aliphatic rings. The lowest BCUT2D eigenvalue weighted by Gasteiger charge is -2.48. The van der Waals surface area contributed by atoms with Gasteiger partial charge in [0.25, 0.3) is 0 Å². The lowest BCUT2D eigenvalue weighted by Crippen LogP contribution is -2.48. The van der Waals surface area contributed by atoms with E-state index in [9.17, 15) is 24.3 Å². The van der Waals surface area contributed by atoms with Crippen LogP contribution in [0.1, 0.15) is 42.8 Å². The van der Waals surface area contributed by atoms with E-state index >= 15 is 0 Å². The second-order valence-corrected chi connectivity index (χ2v) is 16.2. The molecule has 10 nitrogen and oxygen atoms in total. The molecule has 0 bridgehead atoms.